The summed E-state index contributed by atoms with van der Waals surface area (Å²) in [5.74, 6) is 0.706. The highest BCUT2D eigenvalue weighted by Crippen LogP contribution is 2.50. The van der Waals surface area contributed by atoms with Crippen LogP contribution in [0.25, 0.3) is 0 Å². The Morgan fingerprint density at radius 2 is 2.36 bits per heavy atom. The lowest BCUT2D eigenvalue weighted by molar-refractivity contribution is -0.131. The molecule has 0 spiro atoms. The average Bonchev–Trinajstić information content (AvgIpc) is 2.26. The third kappa shape index (κ3) is 1.06. The lowest BCUT2D eigenvalue weighted by Crippen LogP contribution is -2.24. The van der Waals surface area contributed by atoms with E-state index >= 15 is 0 Å². The number of carbonyl (C=O) groups is 1. The first kappa shape index (κ1) is 6.89. The van der Waals surface area contributed by atoms with Crippen LogP contribution in [0.1, 0.15) is 25.7 Å². The molecule has 0 aromatic carbocycles. The lowest BCUT2D eigenvalue weighted by atomic mass is 9.71. The molecule has 2 saturated carbocycles. The van der Waals surface area contributed by atoms with Crippen molar-refractivity contribution in [2.45, 2.75) is 25.7 Å². The Morgan fingerprint density at radius 3 is 3.00 bits per heavy atom. The summed E-state index contributed by atoms with van der Waals surface area (Å²) in [5, 5.41) is 8.49. The number of hydrogen-bond acceptors (Lipinski definition) is 1. The van der Waals surface area contributed by atoms with Crippen molar-refractivity contribution in [1.29, 1.82) is 0 Å². The van der Waals surface area contributed by atoms with Gasteiger partial charge in [0, 0.05) is 6.08 Å². The molecule has 11 heavy (non-hydrogen) atoms. The molecule has 2 nitrogen and oxygen atoms in total. The van der Waals surface area contributed by atoms with Gasteiger partial charge in [-0.2, -0.15) is 0 Å². The van der Waals surface area contributed by atoms with Gasteiger partial charge in [-0.05, 0) is 31.1 Å². The molecule has 0 aromatic heterocycles. The summed E-state index contributed by atoms with van der Waals surface area (Å²) in [7, 11) is 0. The Labute approximate surface area is 65.9 Å². The summed E-state index contributed by atoms with van der Waals surface area (Å²) in [4.78, 5) is 10.3. The van der Waals surface area contributed by atoms with E-state index in [4.69, 9.17) is 5.11 Å². The maximum absolute atomic E-state index is 10.3. The Balaban J connectivity index is 2.05. The predicted octanol–water partition coefficient (Wildman–Crippen LogP) is 1.82. The normalized spacial score (nSPS) is 38.4. The standard InChI is InChI=1S/C9H12O2/c10-9(11)5-7-4-6-2-1-3-8(6)7/h5-6,8H,1-4H2,(H,10,11)/t6-,8-/m1/s1. The van der Waals surface area contributed by atoms with E-state index in [1.54, 1.807) is 0 Å². The second kappa shape index (κ2) is 2.36. The van der Waals surface area contributed by atoms with E-state index in [1.807, 2.05) is 0 Å². The van der Waals surface area contributed by atoms with Gasteiger partial charge in [0.1, 0.15) is 0 Å². The Kier molecular flexibility index (Phi) is 1.48. The van der Waals surface area contributed by atoms with Crippen molar-refractivity contribution >= 4 is 5.97 Å². The molecule has 0 unspecified atom stereocenters. The molecule has 2 fully saturated rings. The van der Waals surface area contributed by atoms with Crippen LogP contribution in [-0.4, -0.2) is 11.1 Å². The van der Waals surface area contributed by atoms with Crippen molar-refractivity contribution < 1.29 is 9.90 Å². The van der Waals surface area contributed by atoms with Crippen LogP contribution < -0.4 is 0 Å². The summed E-state index contributed by atoms with van der Waals surface area (Å²) in [6, 6.07) is 0. The van der Waals surface area contributed by atoms with Crippen molar-refractivity contribution in [3.8, 4) is 0 Å². The van der Waals surface area contributed by atoms with Gasteiger partial charge >= 0.3 is 5.97 Å². The van der Waals surface area contributed by atoms with E-state index in [-0.39, 0.29) is 0 Å². The topological polar surface area (TPSA) is 37.3 Å². The van der Waals surface area contributed by atoms with Crippen LogP contribution in [-0.2, 0) is 4.79 Å². The molecule has 0 aliphatic heterocycles. The van der Waals surface area contributed by atoms with Crippen LogP contribution in [0.15, 0.2) is 11.6 Å². The summed E-state index contributed by atoms with van der Waals surface area (Å²) in [6.07, 6.45) is 6.31. The largest absolute Gasteiger partial charge is 0.478 e. The smallest absolute Gasteiger partial charge is 0.328 e. The molecule has 2 aliphatic carbocycles. The predicted molar refractivity (Wildman–Crippen MR) is 41.2 cm³/mol. The summed E-state index contributed by atoms with van der Waals surface area (Å²) in [6.45, 7) is 0. The molecule has 0 heterocycles. The Morgan fingerprint density at radius 1 is 1.55 bits per heavy atom. The molecule has 0 aromatic rings. The monoisotopic (exact) mass is 152 g/mol. The number of carboxylic acid groups (broad SMARTS) is 1. The van der Waals surface area contributed by atoms with Gasteiger partial charge in [-0.3, -0.25) is 0 Å². The van der Waals surface area contributed by atoms with E-state index in [9.17, 15) is 4.79 Å². The Bertz CT molecular complexity index is 218. The number of rotatable bonds is 1. The van der Waals surface area contributed by atoms with Crippen LogP contribution in [0.2, 0.25) is 0 Å². The van der Waals surface area contributed by atoms with Crippen molar-refractivity contribution in [2.24, 2.45) is 11.8 Å². The van der Waals surface area contributed by atoms with Gasteiger partial charge in [0.2, 0.25) is 0 Å². The van der Waals surface area contributed by atoms with Gasteiger partial charge in [0.25, 0.3) is 0 Å². The van der Waals surface area contributed by atoms with Gasteiger partial charge in [0.05, 0.1) is 0 Å². The third-order valence-electron chi connectivity index (χ3n) is 2.94. The molecule has 2 heteroatoms. The summed E-state index contributed by atoms with van der Waals surface area (Å²) in [5.41, 5.74) is 1.18. The Hall–Kier alpha value is -0.790. The maximum atomic E-state index is 10.3. The number of hydrogen-bond donors (Lipinski definition) is 1. The van der Waals surface area contributed by atoms with Gasteiger partial charge in [-0.25, -0.2) is 4.79 Å². The fraction of sp³-hybridized carbons (Fsp3) is 0.667. The van der Waals surface area contributed by atoms with E-state index in [0.29, 0.717) is 5.92 Å². The van der Waals surface area contributed by atoms with Crippen molar-refractivity contribution in [3.05, 3.63) is 11.6 Å². The van der Waals surface area contributed by atoms with E-state index < -0.39 is 5.97 Å². The molecule has 2 rings (SSSR count). The van der Waals surface area contributed by atoms with E-state index in [2.05, 4.69) is 0 Å². The van der Waals surface area contributed by atoms with Crippen LogP contribution in [0.5, 0.6) is 0 Å². The maximum Gasteiger partial charge on any atom is 0.328 e. The highest BCUT2D eigenvalue weighted by molar-refractivity contribution is 5.81. The zero-order chi connectivity index (χ0) is 7.84. The fourth-order valence-corrected chi connectivity index (χ4v) is 2.39. The number of carboxylic acids is 1. The summed E-state index contributed by atoms with van der Waals surface area (Å²) >= 11 is 0. The van der Waals surface area contributed by atoms with Crippen LogP contribution in [0.3, 0.4) is 0 Å². The minimum absolute atomic E-state index is 0.645. The van der Waals surface area contributed by atoms with E-state index in [0.717, 1.165) is 12.3 Å². The van der Waals surface area contributed by atoms with Crippen LogP contribution in [0.4, 0.5) is 0 Å². The minimum atomic E-state index is -0.773. The molecule has 2 atom stereocenters. The minimum Gasteiger partial charge on any atom is -0.478 e. The molecule has 2 aliphatic rings. The number of allylic oxidation sites excluding steroid dienone is 1. The van der Waals surface area contributed by atoms with Gasteiger partial charge in [-0.1, -0.05) is 12.0 Å². The first-order valence-corrected chi connectivity index (χ1v) is 4.21. The first-order valence-electron chi connectivity index (χ1n) is 4.21. The fourth-order valence-electron chi connectivity index (χ4n) is 2.39. The highest BCUT2D eigenvalue weighted by atomic mass is 16.4. The molecule has 0 bridgehead atoms. The zero-order valence-corrected chi connectivity index (χ0v) is 6.42. The number of fused-ring (bicyclic) bond motifs is 1. The zero-order valence-electron chi connectivity index (χ0n) is 6.42. The van der Waals surface area contributed by atoms with Crippen molar-refractivity contribution in [1.82, 2.24) is 0 Å². The third-order valence-corrected chi connectivity index (χ3v) is 2.94. The van der Waals surface area contributed by atoms with Crippen molar-refractivity contribution in [3.63, 3.8) is 0 Å². The molecule has 1 N–H and O–H groups in total. The molecule has 0 amide bonds. The van der Waals surface area contributed by atoms with E-state index in [1.165, 1.54) is 30.9 Å². The SMILES string of the molecule is O=C(O)C=C1C[C@H]2CCC[C@@H]12. The van der Waals surface area contributed by atoms with Gasteiger partial charge < -0.3 is 5.11 Å². The lowest BCUT2D eigenvalue weighted by Gasteiger charge is -2.33. The first-order chi connectivity index (χ1) is 5.27. The van der Waals surface area contributed by atoms with Crippen molar-refractivity contribution in [2.75, 3.05) is 0 Å². The molecule has 0 saturated heterocycles. The number of aliphatic carboxylic acids is 1. The molecule has 60 valence electrons. The average molecular weight is 152 g/mol. The van der Waals surface area contributed by atoms with Gasteiger partial charge in [-0.15, -0.1) is 0 Å². The quantitative estimate of drug-likeness (QED) is 0.582. The highest BCUT2D eigenvalue weighted by Gasteiger charge is 2.39. The van der Waals surface area contributed by atoms with Crippen LogP contribution in [0, 0.1) is 11.8 Å². The summed E-state index contributed by atoms with van der Waals surface area (Å²) < 4.78 is 0. The molecular weight excluding hydrogens is 140 g/mol. The van der Waals surface area contributed by atoms with Gasteiger partial charge in [0.15, 0.2) is 0 Å². The molecule has 0 radical (unpaired) electrons. The molecular formula is C9H12O2. The van der Waals surface area contributed by atoms with Crippen LogP contribution >= 0.6 is 0 Å². The second-order valence-electron chi connectivity index (χ2n) is 3.56. The second-order valence-corrected chi connectivity index (χ2v) is 3.56.